The summed E-state index contributed by atoms with van der Waals surface area (Å²) in [6.45, 7) is 0. The molecular formula is C23H17N3O2. The molecule has 0 saturated carbocycles. The third kappa shape index (κ3) is 4.04. The number of para-hydroxylation sites is 1. The van der Waals surface area contributed by atoms with Crippen LogP contribution in [0.3, 0.4) is 0 Å². The highest BCUT2D eigenvalue weighted by Crippen LogP contribution is 2.28. The van der Waals surface area contributed by atoms with Crippen LogP contribution < -0.4 is 5.32 Å². The fourth-order valence-corrected chi connectivity index (χ4v) is 2.73. The van der Waals surface area contributed by atoms with E-state index in [0.29, 0.717) is 23.0 Å². The zero-order valence-corrected chi connectivity index (χ0v) is 14.9. The maximum atomic E-state index is 12.3. The van der Waals surface area contributed by atoms with Gasteiger partial charge in [-0.15, -0.1) is 0 Å². The van der Waals surface area contributed by atoms with Crippen LogP contribution in [0.25, 0.3) is 28.9 Å². The number of nitrogens with one attached hydrogen (secondary N) is 1. The number of nitrogens with zero attached hydrogens (tertiary/aromatic N) is 2. The standard InChI is InChI=1S/C23H17N3O2/c27-21(16-15-17-9-3-1-4-10-17)24-20-14-8-7-13-19(20)23-25-22(26-28-23)18-11-5-2-6-12-18/h1-16H,(H,24,27)/b16-15+. The normalized spacial score (nSPS) is 10.9. The van der Waals surface area contributed by atoms with Gasteiger partial charge in [0.25, 0.3) is 5.89 Å². The molecule has 5 heteroatoms. The van der Waals surface area contributed by atoms with Gasteiger partial charge < -0.3 is 9.84 Å². The Bertz CT molecular complexity index is 1100. The van der Waals surface area contributed by atoms with E-state index in [2.05, 4.69) is 15.5 Å². The molecule has 0 aliphatic heterocycles. The molecule has 5 nitrogen and oxygen atoms in total. The van der Waals surface area contributed by atoms with Crippen LogP contribution in [0.15, 0.2) is 95.5 Å². The van der Waals surface area contributed by atoms with E-state index in [-0.39, 0.29) is 5.91 Å². The average molecular weight is 367 g/mol. The minimum atomic E-state index is -0.237. The Morgan fingerprint density at radius 2 is 1.54 bits per heavy atom. The number of carbonyl (C=O) groups excluding carboxylic acids is 1. The number of anilines is 1. The lowest BCUT2D eigenvalue weighted by Gasteiger charge is -2.06. The van der Waals surface area contributed by atoms with Crippen molar-refractivity contribution >= 4 is 17.7 Å². The lowest BCUT2D eigenvalue weighted by atomic mass is 10.1. The average Bonchev–Trinajstić information content (AvgIpc) is 3.24. The number of rotatable bonds is 5. The molecule has 4 aromatic rings. The largest absolute Gasteiger partial charge is 0.334 e. The first-order valence-electron chi connectivity index (χ1n) is 8.82. The Morgan fingerprint density at radius 3 is 2.32 bits per heavy atom. The summed E-state index contributed by atoms with van der Waals surface area (Å²) in [5.74, 6) is 0.613. The summed E-state index contributed by atoms with van der Waals surface area (Å²) < 4.78 is 5.43. The van der Waals surface area contributed by atoms with Crippen molar-refractivity contribution in [3.05, 3.63) is 96.6 Å². The third-order valence-electron chi connectivity index (χ3n) is 4.10. The Hall–Kier alpha value is -3.99. The Morgan fingerprint density at radius 1 is 0.857 bits per heavy atom. The van der Waals surface area contributed by atoms with Gasteiger partial charge in [-0.25, -0.2) is 0 Å². The van der Waals surface area contributed by atoms with E-state index >= 15 is 0 Å². The lowest BCUT2D eigenvalue weighted by Crippen LogP contribution is -2.08. The van der Waals surface area contributed by atoms with E-state index in [1.54, 1.807) is 12.1 Å². The molecule has 0 bridgehead atoms. The summed E-state index contributed by atoms with van der Waals surface area (Å²) >= 11 is 0. The summed E-state index contributed by atoms with van der Waals surface area (Å²) in [4.78, 5) is 16.8. The summed E-state index contributed by atoms with van der Waals surface area (Å²) in [6.07, 6.45) is 3.26. The van der Waals surface area contributed by atoms with Crippen molar-refractivity contribution in [1.29, 1.82) is 0 Å². The Balaban J connectivity index is 1.55. The van der Waals surface area contributed by atoms with Crippen molar-refractivity contribution in [3.63, 3.8) is 0 Å². The SMILES string of the molecule is O=C(/C=C/c1ccccc1)Nc1ccccc1-c1nc(-c2ccccc2)no1. The number of carbonyl (C=O) groups is 1. The van der Waals surface area contributed by atoms with Gasteiger partial charge in [0.05, 0.1) is 11.3 Å². The van der Waals surface area contributed by atoms with Crippen molar-refractivity contribution in [3.8, 4) is 22.8 Å². The molecule has 1 amide bonds. The number of aromatic nitrogens is 2. The number of hydrogen-bond acceptors (Lipinski definition) is 4. The summed E-state index contributed by atoms with van der Waals surface area (Å²) in [7, 11) is 0. The van der Waals surface area contributed by atoms with E-state index in [0.717, 1.165) is 11.1 Å². The summed E-state index contributed by atoms with van der Waals surface area (Å²) in [5, 5.41) is 6.92. The lowest BCUT2D eigenvalue weighted by molar-refractivity contribution is -0.111. The van der Waals surface area contributed by atoms with Gasteiger partial charge in [-0.1, -0.05) is 78.0 Å². The minimum absolute atomic E-state index is 0.237. The zero-order valence-electron chi connectivity index (χ0n) is 14.9. The quantitative estimate of drug-likeness (QED) is 0.501. The van der Waals surface area contributed by atoms with Gasteiger partial charge in [0, 0.05) is 11.6 Å². The van der Waals surface area contributed by atoms with Gasteiger partial charge in [0.15, 0.2) is 0 Å². The molecule has 0 atom stereocenters. The molecule has 0 aliphatic carbocycles. The molecule has 3 aromatic carbocycles. The van der Waals surface area contributed by atoms with Crippen LogP contribution in [0.1, 0.15) is 5.56 Å². The minimum Gasteiger partial charge on any atom is -0.334 e. The third-order valence-corrected chi connectivity index (χ3v) is 4.10. The highest BCUT2D eigenvalue weighted by atomic mass is 16.5. The summed E-state index contributed by atoms with van der Waals surface area (Å²) in [6, 6.07) is 26.6. The Labute approximate surface area is 162 Å². The van der Waals surface area contributed by atoms with E-state index in [1.807, 2.05) is 78.9 Å². The molecule has 28 heavy (non-hydrogen) atoms. The van der Waals surface area contributed by atoms with Gasteiger partial charge in [-0.3, -0.25) is 4.79 Å². The van der Waals surface area contributed by atoms with Crippen molar-refractivity contribution in [2.75, 3.05) is 5.32 Å². The molecular weight excluding hydrogens is 350 g/mol. The molecule has 0 aliphatic rings. The van der Waals surface area contributed by atoms with Crippen LogP contribution in [-0.2, 0) is 4.79 Å². The van der Waals surface area contributed by atoms with Gasteiger partial charge in [0.1, 0.15) is 0 Å². The second-order valence-corrected chi connectivity index (χ2v) is 6.07. The van der Waals surface area contributed by atoms with Gasteiger partial charge in [0.2, 0.25) is 11.7 Å². The molecule has 0 saturated heterocycles. The fraction of sp³-hybridized carbons (Fsp3) is 0. The predicted octanol–water partition coefficient (Wildman–Crippen LogP) is 5.06. The van der Waals surface area contributed by atoms with Crippen molar-refractivity contribution in [1.82, 2.24) is 10.1 Å². The Kier molecular flexibility index (Phi) is 5.06. The molecule has 0 radical (unpaired) electrons. The maximum absolute atomic E-state index is 12.3. The van der Waals surface area contributed by atoms with Crippen LogP contribution in [0.4, 0.5) is 5.69 Å². The van der Waals surface area contributed by atoms with Crippen molar-refractivity contribution in [2.24, 2.45) is 0 Å². The fourth-order valence-electron chi connectivity index (χ4n) is 2.73. The molecule has 4 rings (SSSR count). The van der Waals surface area contributed by atoms with Crippen LogP contribution in [0, 0.1) is 0 Å². The number of hydrogen-bond donors (Lipinski definition) is 1. The van der Waals surface area contributed by atoms with Gasteiger partial charge >= 0.3 is 0 Å². The second-order valence-electron chi connectivity index (χ2n) is 6.07. The molecule has 1 heterocycles. The molecule has 0 fully saturated rings. The first-order chi connectivity index (χ1) is 13.8. The monoisotopic (exact) mass is 367 g/mol. The van der Waals surface area contributed by atoms with Crippen LogP contribution in [0.2, 0.25) is 0 Å². The second kappa shape index (κ2) is 8.14. The predicted molar refractivity (Wildman–Crippen MR) is 109 cm³/mol. The number of benzene rings is 3. The number of amides is 1. The molecule has 136 valence electrons. The topological polar surface area (TPSA) is 68.0 Å². The summed E-state index contributed by atoms with van der Waals surface area (Å²) in [5.41, 5.74) is 3.09. The highest BCUT2D eigenvalue weighted by Gasteiger charge is 2.14. The van der Waals surface area contributed by atoms with E-state index in [1.165, 1.54) is 6.08 Å². The van der Waals surface area contributed by atoms with Crippen LogP contribution in [0.5, 0.6) is 0 Å². The molecule has 0 unspecified atom stereocenters. The zero-order chi connectivity index (χ0) is 19.2. The highest BCUT2D eigenvalue weighted by molar-refractivity contribution is 6.03. The van der Waals surface area contributed by atoms with Crippen molar-refractivity contribution < 1.29 is 9.32 Å². The van der Waals surface area contributed by atoms with Gasteiger partial charge in [-0.05, 0) is 23.8 Å². The molecule has 1 N–H and O–H groups in total. The van der Waals surface area contributed by atoms with E-state index < -0.39 is 0 Å². The van der Waals surface area contributed by atoms with Crippen LogP contribution >= 0.6 is 0 Å². The van der Waals surface area contributed by atoms with Gasteiger partial charge in [-0.2, -0.15) is 4.98 Å². The maximum Gasteiger partial charge on any atom is 0.260 e. The van der Waals surface area contributed by atoms with E-state index in [9.17, 15) is 4.79 Å². The molecule has 0 spiro atoms. The molecule has 1 aromatic heterocycles. The first kappa shape index (κ1) is 17.4. The smallest absolute Gasteiger partial charge is 0.260 e. The first-order valence-corrected chi connectivity index (χ1v) is 8.82. The van der Waals surface area contributed by atoms with Crippen molar-refractivity contribution in [2.45, 2.75) is 0 Å². The van der Waals surface area contributed by atoms with E-state index in [4.69, 9.17) is 4.52 Å². The van der Waals surface area contributed by atoms with Crippen LogP contribution in [-0.4, -0.2) is 16.0 Å².